The number of aryl methyl sites for hydroxylation is 1. The molecule has 0 aromatic carbocycles. The molecule has 0 aliphatic carbocycles. The summed E-state index contributed by atoms with van der Waals surface area (Å²) in [5.74, 6) is 2.26. The lowest BCUT2D eigenvalue weighted by molar-refractivity contribution is 0.607. The van der Waals surface area contributed by atoms with Crippen molar-refractivity contribution in [3.05, 3.63) is 36.4 Å². The number of fused-ring (bicyclic) bond motifs is 1. The zero-order valence-electron chi connectivity index (χ0n) is 13.7. The van der Waals surface area contributed by atoms with Gasteiger partial charge < -0.3 is 4.90 Å². The van der Waals surface area contributed by atoms with Gasteiger partial charge in [0, 0.05) is 38.5 Å². The largest absolute Gasteiger partial charge is 0.366 e. The van der Waals surface area contributed by atoms with E-state index in [9.17, 15) is 0 Å². The molecule has 0 aliphatic rings. The van der Waals surface area contributed by atoms with E-state index in [1.54, 1.807) is 6.20 Å². The zero-order chi connectivity index (χ0) is 16.4. The molecular formula is C16H19N7. The molecule has 118 valence electrons. The highest BCUT2D eigenvalue weighted by atomic mass is 15.2. The summed E-state index contributed by atoms with van der Waals surface area (Å²) in [5.41, 5.74) is 2.58. The van der Waals surface area contributed by atoms with Gasteiger partial charge in [-0.15, -0.1) is 10.2 Å². The van der Waals surface area contributed by atoms with Crippen molar-refractivity contribution >= 4 is 17.4 Å². The fourth-order valence-corrected chi connectivity index (χ4v) is 2.34. The standard InChI is InChI=1S/C16H19N7/c1-5-14(22(3)4)19-16-17-8-6-13(18-16)12-7-9-23-11(2)20-21-15(23)10-12/h6-10H,5H2,1-4H3. The Morgan fingerprint density at radius 3 is 2.83 bits per heavy atom. The first-order valence-electron chi connectivity index (χ1n) is 7.48. The summed E-state index contributed by atoms with van der Waals surface area (Å²) >= 11 is 0. The molecule has 0 spiro atoms. The van der Waals surface area contributed by atoms with Crippen molar-refractivity contribution in [1.82, 2.24) is 29.5 Å². The Bertz CT molecular complexity index is 864. The van der Waals surface area contributed by atoms with E-state index in [1.807, 2.05) is 54.7 Å². The number of hydrogen-bond acceptors (Lipinski definition) is 5. The van der Waals surface area contributed by atoms with E-state index in [2.05, 4.69) is 32.1 Å². The van der Waals surface area contributed by atoms with E-state index in [-0.39, 0.29) is 0 Å². The number of rotatable bonds is 3. The number of amidine groups is 1. The summed E-state index contributed by atoms with van der Waals surface area (Å²) in [4.78, 5) is 15.3. The van der Waals surface area contributed by atoms with Crippen LogP contribution < -0.4 is 0 Å². The predicted molar refractivity (Wildman–Crippen MR) is 89.8 cm³/mol. The van der Waals surface area contributed by atoms with E-state index < -0.39 is 0 Å². The van der Waals surface area contributed by atoms with Crippen molar-refractivity contribution < 1.29 is 0 Å². The number of nitrogens with zero attached hydrogens (tertiary/aromatic N) is 7. The minimum Gasteiger partial charge on any atom is -0.366 e. The monoisotopic (exact) mass is 309 g/mol. The van der Waals surface area contributed by atoms with Crippen LogP contribution in [0.15, 0.2) is 35.6 Å². The van der Waals surface area contributed by atoms with Gasteiger partial charge in [-0.1, -0.05) is 6.92 Å². The molecule has 3 aromatic heterocycles. The van der Waals surface area contributed by atoms with Crippen LogP contribution in [0.4, 0.5) is 5.95 Å². The Morgan fingerprint density at radius 2 is 2.09 bits per heavy atom. The Balaban J connectivity index is 2.01. The Labute approximate surface area is 134 Å². The highest BCUT2D eigenvalue weighted by Gasteiger charge is 2.07. The molecule has 0 aliphatic heterocycles. The molecule has 7 nitrogen and oxygen atoms in total. The molecule has 0 saturated heterocycles. The van der Waals surface area contributed by atoms with Crippen LogP contribution in [0, 0.1) is 6.92 Å². The van der Waals surface area contributed by atoms with Crippen molar-refractivity contribution in [3.8, 4) is 11.3 Å². The first-order chi connectivity index (χ1) is 11.1. The van der Waals surface area contributed by atoms with Gasteiger partial charge >= 0.3 is 0 Å². The summed E-state index contributed by atoms with van der Waals surface area (Å²) in [6.45, 7) is 3.98. The maximum Gasteiger partial charge on any atom is 0.251 e. The van der Waals surface area contributed by atoms with E-state index in [0.29, 0.717) is 5.95 Å². The smallest absolute Gasteiger partial charge is 0.251 e. The van der Waals surface area contributed by atoms with Gasteiger partial charge in [-0.2, -0.15) is 4.99 Å². The SMILES string of the molecule is CCC(=Nc1nccc(-c2ccn3c(C)nnc3c2)n1)N(C)C. The van der Waals surface area contributed by atoms with Gasteiger partial charge in [-0.05, 0) is 25.1 Å². The fraction of sp³-hybridized carbons (Fsp3) is 0.312. The maximum atomic E-state index is 4.54. The van der Waals surface area contributed by atoms with Gasteiger partial charge in [-0.3, -0.25) is 4.40 Å². The fourth-order valence-electron chi connectivity index (χ4n) is 2.34. The van der Waals surface area contributed by atoms with Crippen molar-refractivity contribution in [3.63, 3.8) is 0 Å². The molecule has 3 rings (SSSR count). The quantitative estimate of drug-likeness (QED) is 0.549. The summed E-state index contributed by atoms with van der Waals surface area (Å²) in [5, 5.41) is 8.22. The van der Waals surface area contributed by atoms with Crippen molar-refractivity contribution in [2.24, 2.45) is 4.99 Å². The van der Waals surface area contributed by atoms with Crippen LogP contribution >= 0.6 is 0 Å². The average molecular weight is 309 g/mol. The maximum absolute atomic E-state index is 4.54. The molecule has 0 saturated carbocycles. The molecule has 0 unspecified atom stereocenters. The van der Waals surface area contributed by atoms with Gasteiger partial charge in [0.05, 0.1) is 5.69 Å². The zero-order valence-corrected chi connectivity index (χ0v) is 13.7. The second-order valence-corrected chi connectivity index (χ2v) is 5.41. The highest BCUT2D eigenvalue weighted by Crippen LogP contribution is 2.20. The summed E-state index contributed by atoms with van der Waals surface area (Å²) < 4.78 is 1.94. The van der Waals surface area contributed by atoms with Gasteiger partial charge in [0.15, 0.2) is 5.65 Å². The number of hydrogen-bond donors (Lipinski definition) is 0. The van der Waals surface area contributed by atoms with Crippen LogP contribution in [-0.4, -0.2) is 49.4 Å². The average Bonchev–Trinajstić information content (AvgIpc) is 2.93. The summed E-state index contributed by atoms with van der Waals surface area (Å²) in [6.07, 6.45) is 4.50. The van der Waals surface area contributed by atoms with Crippen molar-refractivity contribution in [1.29, 1.82) is 0 Å². The Hall–Kier alpha value is -2.83. The van der Waals surface area contributed by atoms with Crippen LogP contribution in [-0.2, 0) is 0 Å². The highest BCUT2D eigenvalue weighted by molar-refractivity contribution is 5.83. The van der Waals surface area contributed by atoms with Gasteiger partial charge in [0.25, 0.3) is 5.95 Å². The topological polar surface area (TPSA) is 71.6 Å². The van der Waals surface area contributed by atoms with Crippen LogP contribution in [0.2, 0.25) is 0 Å². The predicted octanol–water partition coefficient (Wildman–Crippen LogP) is 2.50. The lowest BCUT2D eigenvalue weighted by atomic mass is 10.2. The van der Waals surface area contributed by atoms with Crippen LogP contribution in [0.5, 0.6) is 0 Å². The van der Waals surface area contributed by atoms with Gasteiger partial charge in [-0.25, -0.2) is 9.97 Å². The molecule has 0 amide bonds. The second-order valence-electron chi connectivity index (χ2n) is 5.41. The molecule has 0 fully saturated rings. The molecule has 0 atom stereocenters. The third-order valence-corrected chi connectivity index (χ3v) is 3.58. The third-order valence-electron chi connectivity index (χ3n) is 3.58. The Morgan fingerprint density at radius 1 is 1.26 bits per heavy atom. The Kier molecular flexibility index (Phi) is 4.01. The first kappa shape index (κ1) is 15.1. The lowest BCUT2D eigenvalue weighted by Crippen LogP contribution is -2.20. The van der Waals surface area contributed by atoms with Crippen LogP contribution in [0.3, 0.4) is 0 Å². The molecule has 23 heavy (non-hydrogen) atoms. The third kappa shape index (κ3) is 3.03. The summed E-state index contributed by atoms with van der Waals surface area (Å²) in [7, 11) is 3.93. The van der Waals surface area contributed by atoms with E-state index in [4.69, 9.17) is 0 Å². The number of aromatic nitrogens is 5. The molecule has 0 N–H and O–H groups in total. The van der Waals surface area contributed by atoms with E-state index in [0.717, 1.165) is 35.0 Å². The van der Waals surface area contributed by atoms with Crippen LogP contribution in [0.1, 0.15) is 19.2 Å². The van der Waals surface area contributed by atoms with Crippen molar-refractivity contribution in [2.75, 3.05) is 14.1 Å². The van der Waals surface area contributed by atoms with Gasteiger partial charge in [0.2, 0.25) is 0 Å². The second kappa shape index (κ2) is 6.12. The molecule has 0 bridgehead atoms. The minimum absolute atomic E-state index is 0.463. The normalized spacial score (nSPS) is 11.9. The minimum atomic E-state index is 0.463. The van der Waals surface area contributed by atoms with E-state index in [1.165, 1.54) is 0 Å². The lowest BCUT2D eigenvalue weighted by Gasteiger charge is -2.13. The molecular weight excluding hydrogens is 290 g/mol. The van der Waals surface area contributed by atoms with Gasteiger partial charge in [0.1, 0.15) is 11.7 Å². The number of aliphatic imine (C=N–C) groups is 1. The van der Waals surface area contributed by atoms with E-state index >= 15 is 0 Å². The van der Waals surface area contributed by atoms with Crippen LogP contribution in [0.25, 0.3) is 16.9 Å². The molecule has 3 heterocycles. The number of pyridine rings is 1. The molecule has 0 radical (unpaired) electrons. The summed E-state index contributed by atoms with van der Waals surface area (Å²) in [6, 6.07) is 5.82. The molecule has 7 heteroatoms. The first-order valence-corrected chi connectivity index (χ1v) is 7.48. The van der Waals surface area contributed by atoms with Crippen molar-refractivity contribution in [2.45, 2.75) is 20.3 Å². The molecule has 3 aromatic rings.